The first-order valence-corrected chi connectivity index (χ1v) is 26.6. The van der Waals surface area contributed by atoms with Crippen molar-refractivity contribution < 1.29 is 122 Å². The van der Waals surface area contributed by atoms with Gasteiger partial charge in [-0.1, -0.05) is 30.6 Å². The van der Waals surface area contributed by atoms with Crippen molar-refractivity contribution in [2.45, 2.75) is 51.7 Å². The van der Waals surface area contributed by atoms with E-state index in [0.29, 0.717) is 16.0 Å². The monoisotopic (exact) mass is 1470 g/mol. The van der Waals surface area contributed by atoms with Crippen molar-refractivity contribution in [3.05, 3.63) is 172 Å². The zero-order valence-electron chi connectivity index (χ0n) is 45.6. The highest BCUT2D eigenvalue weighted by Crippen LogP contribution is 2.35. The number of aromatic nitrogens is 6. The summed E-state index contributed by atoms with van der Waals surface area (Å²) in [6.45, 7) is 1.38. The summed E-state index contributed by atoms with van der Waals surface area (Å²) in [5.74, 6) is -5.36. The number of aromatic carboxylic acids is 1. The molecule has 1 aromatic carbocycles. The van der Waals surface area contributed by atoms with Gasteiger partial charge in [-0.15, -0.1) is 65.9 Å². The Morgan fingerprint density at radius 1 is 0.624 bits per heavy atom. The number of nitrogens with one attached hydrogen (secondary N) is 1. The number of methoxy groups -OCH3 is 1. The fourth-order valence-corrected chi connectivity index (χ4v) is 7.85. The first-order chi connectivity index (χ1) is 42.4. The van der Waals surface area contributed by atoms with E-state index >= 15 is 0 Å². The molecule has 1 atom stereocenters. The fourth-order valence-electron chi connectivity index (χ4n) is 5.94. The van der Waals surface area contributed by atoms with Gasteiger partial charge in [0.15, 0.2) is 0 Å². The normalized spacial score (nSPS) is 14.0. The molecular formula is C51H40BrCl2F16N11O11S. The number of nitrogens with zero attached hydrogens (tertiary/aromatic N) is 9. The zero-order valence-corrected chi connectivity index (χ0v) is 49.5. The van der Waals surface area contributed by atoms with Gasteiger partial charge in [-0.25, -0.2) is 56.8 Å². The summed E-state index contributed by atoms with van der Waals surface area (Å²) in [6.07, 6.45) is -18.1. The number of carboxylic acid groups (broad SMARTS) is 1. The first-order valence-electron chi connectivity index (χ1n) is 23.5. The Labute approximate surface area is 531 Å². The number of rotatable bonds is 10. The third kappa shape index (κ3) is 30.9. The molecule has 0 aliphatic carbocycles. The van der Waals surface area contributed by atoms with Crippen LogP contribution in [0.3, 0.4) is 0 Å². The third-order valence-corrected chi connectivity index (χ3v) is 12.5. The molecular weight excluding hydrogens is 1430 g/mol. The van der Waals surface area contributed by atoms with Crippen LogP contribution in [0, 0.1) is 17.1 Å². The Morgan fingerprint density at radius 2 is 1.01 bits per heavy atom. The van der Waals surface area contributed by atoms with Crippen molar-refractivity contribution in [3.8, 4) is 40.6 Å². The first kappa shape index (κ1) is 79.6. The molecule has 7 heterocycles. The number of aliphatic imine (C=N–C) groups is 1. The third-order valence-electron chi connectivity index (χ3n) is 9.65. The summed E-state index contributed by atoms with van der Waals surface area (Å²) in [5.41, 5.74) is 3.52. The van der Waals surface area contributed by atoms with E-state index in [2.05, 4.69) is 79.8 Å². The highest BCUT2D eigenvalue weighted by molar-refractivity contribution is 9.10. The molecule has 1 aliphatic heterocycles. The average Bonchev–Trinajstić information content (AvgIpc) is 0.758. The topological polar surface area (TPSA) is 299 Å². The Balaban J connectivity index is 0.000000407. The minimum absolute atomic E-state index is 0. The van der Waals surface area contributed by atoms with Crippen LogP contribution in [0.15, 0.2) is 138 Å². The van der Waals surface area contributed by atoms with Gasteiger partial charge in [0.1, 0.15) is 83.9 Å². The number of halogens is 19. The van der Waals surface area contributed by atoms with Crippen molar-refractivity contribution >= 4 is 72.7 Å². The summed E-state index contributed by atoms with van der Waals surface area (Å²) in [4.78, 5) is 47.7. The number of hydrogen-bond acceptors (Lipinski definition) is 19. The molecule has 0 bridgehead atoms. The van der Waals surface area contributed by atoms with Crippen LogP contribution in [0.5, 0.6) is 34.5 Å². The van der Waals surface area contributed by atoms with Crippen molar-refractivity contribution in [3.63, 3.8) is 0 Å². The molecule has 4 N–H and O–H groups in total. The second kappa shape index (κ2) is 34.3. The van der Waals surface area contributed by atoms with Crippen molar-refractivity contribution in [2.24, 2.45) is 10.7 Å². The lowest BCUT2D eigenvalue weighted by molar-refractivity contribution is -0.275. The summed E-state index contributed by atoms with van der Waals surface area (Å²) in [6, 6.07) is 19.3. The molecule has 504 valence electrons. The lowest BCUT2D eigenvalue weighted by Crippen LogP contribution is -2.50. The number of alkyl halides is 15. The van der Waals surface area contributed by atoms with Crippen LogP contribution in [0.1, 0.15) is 46.6 Å². The molecule has 0 saturated carbocycles. The molecule has 0 spiro atoms. The van der Waals surface area contributed by atoms with Gasteiger partial charge in [0.2, 0.25) is 16.0 Å². The van der Waals surface area contributed by atoms with Gasteiger partial charge < -0.3 is 44.6 Å². The molecule has 0 unspecified atom stereocenters. The molecule has 0 saturated heterocycles. The van der Waals surface area contributed by atoms with E-state index in [4.69, 9.17) is 44.0 Å². The van der Waals surface area contributed by atoms with Gasteiger partial charge in [-0.2, -0.15) is 5.26 Å². The van der Waals surface area contributed by atoms with E-state index in [1.807, 2.05) is 0 Å². The predicted molar refractivity (Wildman–Crippen MR) is 296 cm³/mol. The number of nitriles is 1. The number of pyridine rings is 6. The van der Waals surface area contributed by atoms with Crippen LogP contribution in [-0.2, 0) is 15.6 Å². The highest BCUT2D eigenvalue weighted by atomic mass is 79.9. The Kier molecular flexibility index (Phi) is 29.3. The number of hydrogen-bond donors (Lipinski definition) is 3. The minimum Gasteiger partial charge on any atom is -0.495 e. The second-order valence-electron chi connectivity index (χ2n) is 16.6. The maximum absolute atomic E-state index is 14.6. The van der Waals surface area contributed by atoms with E-state index < -0.39 is 88.1 Å². The Hall–Kier alpha value is -9.49. The smallest absolute Gasteiger partial charge is 0.495 e. The van der Waals surface area contributed by atoms with Crippen molar-refractivity contribution in [1.82, 2.24) is 34.2 Å². The summed E-state index contributed by atoms with van der Waals surface area (Å²) >= 11 is 13.8. The van der Waals surface area contributed by atoms with Gasteiger partial charge in [0, 0.05) is 18.3 Å². The molecule has 1 aliphatic rings. The quantitative estimate of drug-likeness (QED) is 0.0846. The van der Waals surface area contributed by atoms with E-state index in [-0.39, 0.29) is 58.4 Å². The van der Waals surface area contributed by atoms with E-state index in [0.717, 1.165) is 83.4 Å². The van der Waals surface area contributed by atoms with Crippen molar-refractivity contribution in [2.75, 3.05) is 25.2 Å². The van der Waals surface area contributed by atoms with E-state index in [1.165, 1.54) is 44.3 Å². The molecule has 8 rings (SSSR count). The second-order valence-corrected chi connectivity index (χ2v) is 20.2. The molecule has 0 fully saturated rings. The predicted octanol–water partition coefficient (Wildman–Crippen LogP) is 13.5. The largest absolute Gasteiger partial charge is 0.573 e. The number of benzene rings is 1. The van der Waals surface area contributed by atoms with E-state index in [9.17, 15) is 88.3 Å². The molecule has 22 nitrogen and oxygen atoms in total. The number of amides is 1. The van der Waals surface area contributed by atoms with Crippen LogP contribution in [0.25, 0.3) is 0 Å². The molecule has 6 aromatic heterocycles. The van der Waals surface area contributed by atoms with E-state index in [1.54, 1.807) is 31.5 Å². The van der Waals surface area contributed by atoms with Gasteiger partial charge in [0.25, 0.3) is 5.91 Å². The number of anilines is 1. The zero-order chi connectivity index (χ0) is 69.6. The van der Waals surface area contributed by atoms with Crippen LogP contribution in [0.2, 0.25) is 10.3 Å². The SMILES string of the molecule is C.CN1C(N)=N[C@](C)(c2cc(NC(=O)c3ccc(OC(F)(F)F)cn3)ccc2F)CS1(=O)=O.COc1ccc(Cl)nc1.FC(F)(F)Oc1ccc(Br)nc1.FC(F)(F)Oc1ccc(Cl)nc1.N#Cc1ccc(OC(F)(F)F)cn1.O=C(O)c1ccc(OC(F)(F)F)cn1. The maximum atomic E-state index is 14.6. The average molecular weight is 1470 g/mol. The number of carbonyl (C=O) groups is 2. The number of nitrogens with two attached hydrogens (primary N) is 1. The van der Waals surface area contributed by atoms with Gasteiger partial charge >= 0.3 is 37.8 Å². The van der Waals surface area contributed by atoms with Crippen LogP contribution >= 0.6 is 39.1 Å². The van der Waals surface area contributed by atoms with Crippen LogP contribution < -0.4 is 39.5 Å². The minimum atomic E-state index is -4.90. The molecule has 0 radical (unpaired) electrons. The van der Waals surface area contributed by atoms with Gasteiger partial charge in [-0.3, -0.25) is 4.79 Å². The summed E-state index contributed by atoms with van der Waals surface area (Å²) < 4.78 is 239. The fraction of sp³-hybridized carbons (Fsp3) is 0.216. The molecule has 93 heavy (non-hydrogen) atoms. The number of carboxylic acids is 1. The van der Waals surface area contributed by atoms with Gasteiger partial charge in [-0.05, 0) is 114 Å². The summed E-state index contributed by atoms with van der Waals surface area (Å²) in [7, 11) is -1.05. The molecule has 1 amide bonds. The Bertz CT molecular complexity index is 3660. The lowest BCUT2D eigenvalue weighted by Gasteiger charge is -2.34. The lowest BCUT2D eigenvalue weighted by atomic mass is 9.93. The van der Waals surface area contributed by atoms with Crippen LogP contribution in [0.4, 0.5) is 75.9 Å². The van der Waals surface area contributed by atoms with Crippen molar-refractivity contribution in [1.29, 1.82) is 5.26 Å². The molecule has 7 aromatic rings. The highest BCUT2D eigenvalue weighted by Gasteiger charge is 2.42. The number of carbonyl (C=O) groups excluding carboxylic acids is 1. The summed E-state index contributed by atoms with van der Waals surface area (Å²) in [5, 5.41) is 19.7. The standard InChI is InChI=1S/C18H17F4N5O4S.C7H3F3N2O.C7H4F3NO3.C6H3BrF3NO.C6H3ClF3NO.C6H6ClNO.CH4/c1-17(9-32(29,30)27(2)16(23)26-17)12-7-10(3-5-13(12)19)25-15(28)14-6-4-11(8-24-14)31-18(20,21)22;8-7(9,10)13-6-2-1-5(3-11)12-4-6;8-7(9,10)14-4-1-2-5(6(12)13)11-3-4;2*7-5-2-1-4(3-11-5)12-6(8,9)10;1-9-5-2-3-6(7)8-4-5;/h3-8H,9H2,1-2H3,(H2,23,26)(H,25,28);1-2,4H;1-3H,(H,12,13);2*1-3H;2-4H,1H3;1H4/t17-;;;;;;/m0....../s1. The number of ether oxygens (including phenoxy) is 6. The Morgan fingerprint density at radius 3 is 1.34 bits per heavy atom. The van der Waals surface area contributed by atoms with Gasteiger partial charge in [0.05, 0.1) is 50.0 Å². The number of sulfonamides is 1. The van der Waals surface area contributed by atoms with Crippen LogP contribution in [-0.4, -0.2) is 117 Å². The number of guanidine groups is 1. The molecule has 42 heteroatoms. The maximum Gasteiger partial charge on any atom is 0.573 e.